The molecule has 3 rings (SSSR count). The van der Waals surface area contributed by atoms with Gasteiger partial charge in [0.2, 0.25) is 23.5 Å². The molecule has 1 aliphatic carbocycles. The average Bonchev–Trinajstić information content (AvgIpc) is 3.27. The number of H-pyrrole nitrogens is 1. The standard InChI is InChI=1S/C34H55N7O7/c1-12-14-20(25(43)28(45)35-15-13-2)37-27(44)24-23-19(34(23,9)10)17-41(24)29(46)26(33(6,7)8)38-31(48)39(11)21(32(3,4)5)18-40-22(42)16-36-30(40)47/h13,16,19-21,23-24,26,42H,2,12,14-15,17-18H2,1,3-11H3,(H,35,45)(H,36,47)(H,37,44)(H,38,48)/t19-,20?,21+,23-,24-,26+/m0/s1. The van der Waals surface area contributed by atoms with Gasteiger partial charge < -0.3 is 35.8 Å². The van der Waals surface area contributed by atoms with E-state index in [0.717, 1.165) is 4.57 Å². The number of hydrogen-bond donors (Lipinski definition) is 5. The number of likely N-dealkylation sites (tertiary alicyclic amines) is 1. The number of aromatic hydroxyl groups is 1. The fraction of sp³-hybridized carbons (Fsp3) is 0.706. The molecule has 0 aromatic carbocycles. The molecule has 5 N–H and O–H groups in total. The van der Waals surface area contributed by atoms with E-state index in [-0.39, 0.29) is 42.6 Å². The molecule has 1 aliphatic heterocycles. The summed E-state index contributed by atoms with van der Waals surface area (Å²) in [6.45, 7) is 21.1. The van der Waals surface area contributed by atoms with Crippen LogP contribution in [0.4, 0.5) is 4.79 Å². The van der Waals surface area contributed by atoms with E-state index in [2.05, 4.69) is 27.5 Å². The molecule has 1 unspecified atom stereocenters. The highest BCUT2D eigenvalue weighted by Gasteiger charge is 2.70. The molecular formula is C34H55N7O7. The van der Waals surface area contributed by atoms with Gasteiger partial charge in [0, 0.05) is 20.1 Å². The number of Topliss-reactive ketones (excluding diaryl/α,β-unsaturated/α-hetero) is 1. The monoisotopic (exact) mass is 673 g/mol. The van der Waals surface area contributed by atoms with Gasteiger partial charge >= 0.3 is 11.7 Å². The van der Waals surface area contributed by atoms with Crippen molar-refractivity contribution in [2.45, 2.75) is 106 Å². The number of nitrogens with zero attached hydrogens (tertiary/aromatic N) is 3. The summed E-state index contributed by atoms with van der Waals surface area (Å²) in [5, 5.41) is 18.4. The van der Waals surface area contributed by atoms with E-state index < -0.39 is 70.2 Å². The number of carbonyl (C=O) groups excluding carboxylic acids is 5. The first-order valence-electron chi connectivity index (χ1n) is 16.6. The first-order chi connectivity index (χ1) is 22.1. The zero-order chi connectivity index (χ0) is 36.5. The molecule has 2 heterocycles. The molecule has 6 atom stereocenters. The van der Waals surface area contributed by atoms with Gasteiger partial charge in [0.15, 0.2) is 0 Å². The van der Waals surface area contributed by atoms with E-state index in [1.54, 1.807) is 7.05 Å². The number of amides is 5. The second kappa shape index (κ2) is 14.2. The zero-order valence-electron chi connectivity index (χ0n) is 30.1. The number of likely N-dealkylation sites (N-methyl/N-ethyl adjacent to an activating group) is 1. The SMILES string of the molecule is C=CCNC(=O)C(=O)C(CCC)NC(=O)[C@@H]1[C@@H]2[C@H](CN1C(=O)[C@@H](NC(=O)N(C)[C@H](Cn1c(O)c[nH]c1=O)C(C)(C)C)C(C)(C)C)C2(C)C. The number of aromatic nitrogens is 2. The molecule has 2 fully saturated rings. The third-order valence-electron chi connectivity index (χ3n) is 9.97. The van der Waals surface area contributed by atoms with Crippen LogP contribution < -0.4 is 21.6 Å². The van der Waals surface area contributed by atoms with Crippen molar-refractivity contribution in [2.24, 2.45) is 28.1 Å². The molecule has 1 aromatic rings. The number of hydrogen-bond acceptors (Lipinski definition) is 7. The van der Waals surface area contributed by atoms with Crippen LogP contribution in [-0.2, 0) is 25.7 Å². The van der Waals surface area contributed by atoms with Crippen LogP contribution >= 0.6 is 0 Å². The third-order valence-corrected chi connectivity index (χ3v) is 9.97. The maximum atomic E-state index is 14.4. The third kappa shape index (κ3) is 7.95. The predicted octanol–water partition coefficient (Wildman–Crippen LogP) is 1.99. The second-order valence-corrected chi connectivity index (χ2v) is 15.9. The Kier molecular flexibility index (Phi) is 11.3. The number of fused-ring (bicyclic) bond motifs is 1. The van der Waals surface area contributed by atoms with E-state index in [1.165, 1.54) is 22.1 Å². The van der Waals surface area contributed by atoms with Gasteiger partial charge in [0.1, 0.15) is 12.1 Å². The van der Waals surface area contributed by atoms with Crippen molar-refractivity contribution in [2.75, 3.05) is 20.1 Å². The van der Waals surface area contributed by atoms with Gasteiger partial charge in [-0.25, -0.2) is 9.59 Å². The number of piperidine rings is 1. The van der Waals surface area contributed by atoms with Crippen molar-refractivity contribution in [3.8, 4) is 5.88 Å². The molecule has 268 valence electrons. The predicted molar refractivity (Wildman–Crippen MR) is 181 cm³/mol. The topological polar surface area (TPSA) is 186 Å². The van der Waals surface area contributed by atoms with Gasteiger partial charge in [-0.3, -0.25) is 23.7 Å². The number of imidazole rings is 1. The molecule has 0 bridgehead atoms. The largest absolute Gasteiger partial charge is 0.493 e. The van der Waals surface area contributed by atoms with Gasteiger partial charge in [0.25, 0.3) is 5.91 Å². The zero-order valence-corrected chi connectivity index (χ0v) is 30.1. The quantitative estimate of drug-likeness (QED) is 0.157. The number of urea groups is 1. The van der Waals surface area contributed by atoms with Gasteiger partial charge in [0.05, 0.1) is 24.8 Å². The minimum Gasteiger partial charge on any atom is -0.493 e. The van der Waals surface area contributed by atoms with E-state index in [4.69, 9.17) is 0 Å². The number of aromatic amines is 1. The van der Waals surface area contributed by atoms with Crippen molar-refractivity contribution < 1.29 is 29.1 Å². The van der Waals surface area contributed by atoms with Crippen molar-refractivity contribution in [3.05, 3.63) is 29.3 Å². The van der Waals surface area contributed by atoms with Crippen LogP contribution in [0, 0.1) is 28.1 Å². The van der Waals surface area contributed by atoms with Crippen molar-refractivity contribution >= 4 is 29.5 Å². The molecule has 1 saturated heterocycles. The van der Waals surface area contributed by atoms with Crippen LogP contribution in [0.2, 0.25) is 0 Å². The summed E-state index contributed by atoms with van der Waals surface area (Å²) in [6.07, 6.45) is 3.42. The Bertz CT molecular complexity index is 1460. The van der Waals surface area contributed by atoms with Crippen LogP contribution in [0.1, 0.15) is 75.2 Å². The molecule has 0 radical (unpaired) electrons. The van der Waals surface area contributed by atoms with Crippen LogP contribution in [0.3, 0.4) is 0 Å². The lowest BCUT2D eigenvalue weighted by Gasteiger charge is -2.41. The highest BCUT2D eigenvalue weighted by Crippen LogP contribution is 2.65. The summed E-state index contributed by atoms with van der Waals surface area (Å²) in [5.41, 5.74) is -2.03. The lowest BCUT2D eigenvalue weighted by molar-refractivity contribution is -0.145. The first kappa shape index (κ1) is 38.3. The number of rotatable bonds is 13. The molecule has 14 heteroatoms. The molecule has 48 heavy (non-hydrogen) atoms. The van der Waals surface area contributed by atoms with E-state index in [9.17, 15) is 33.9 Å². The molecule has 5 amide bonds. The van der Waals surface area contributed by atoms with Crippen LogP contribution in [0.15, 0.2) is 23.6 Å². The maximum absolute atomic E-state index is 14.4. The minimum atomic E-state index is -1.06. The van der Waals surface area contributed by atoms with Gasteiger partial charge in [-0.05, 0) is 34.5 Å². The highest BCUT2D eigenvalue weighted by atomic mass is 16.3. The summed E-state index contributed by atoms with van der Waals surface area (Å²) in [5.74, 6) is -2.89. The lowest BCUT2D eigenvalue weighted by Crippen LogP contribution is -2.62. The molecule has 14 nitrogen and oxygen atoms in total. The number of carbonyl (C=O) groups is 5. The Hall–Kier alpha value is -4.10. The molecule has 1 saturated carbocycles. The highest BCUT2D eigenvalue weighted by molar-refractivity contribution is 6.38. The molecular weight excluding hydrogens is 618 g/mol. The summed E-state index contributed by atoms with van der Waals surface area (Å²) in [6, 6.07) is -4.12. The van der Waals surface area contributed by atoms with E-state index >= 15 is 0 Å². The van der Waals surface area contributed by atoms with Gasteiger partial charge in [-0.15, -0.1) is 6.58 Å². The van der Waals surface area contributed by atoms with Gasteiger partial charge in [-0.2, -0.15) is 0 Å². The summed E-state index contributed by atoms with van der Waals surface area (Å²) in [4.78, 5) is 85.4. The second-order valence-electron chi connectivity index (χ2n) is 15.9. The van der Waals surface area contributed by atoms with Crippen LogP contribution in [0.25, 0.3) is 0 Å². The smallest absolute Gasteiger partial charge is 0.328 e. The number of ketones is 1. The van der Waals surface area contributed by atoms with Gasteiger partial charge in [-0.1, -0.05) is 74.8 Å². The summed E-state index contributed by atoms with van der Waals surface area (Å²) < 4.78 is 1.15. The normalized spacial score (nSPS) is 21.7. The summed E-state index contributed by atoms with van der Waals surface area (Å²) >= 11 is 0. The van der Waals surface area contributed by atoms with E-state index in [1.807, 2.05) is 62.3 Å². The maximum Gasteiger partial charge on any atom is 0.328 e. The average molecular weight is 674 g/mol. The molecule has 0 spiro atoms. The lowest BCUT2D eigenvalue weighted by atomic mass is 9.84. The Labute approximate surface area is 283 Å². The molecule has 1 aromatic heterocycles. The van der Waals surface area contributed by atoms with E-state index in [0.29, 0.717) is 13.0 Å². The van der Waals surface area contributed by atoms with Crippen molar-refractivity contribution in [3.63, 3.8) is 0 Å². The van der Waals surface area contributed by atoms with Crippen LogP contribution in [0.5, 0.6) is 5.88 Å². The Morgan fingerprint density at radius 2 is 1.75 bits per heavy atom. The minimum absolute atomic E-state index is 0.00574. The first-order valence-corrected chi connectivity index (χ1v) is 16.6. The number of nitrogens with one attached hydrogen (secondary N) is 4. The fourth-order valence-corrected chi connectivity index (χ4v) is 6.93. The van der Waals surface area contributed by atoms with Crippen molar-refractivity contribution in [1.29, 1.82) is 0 Å². The van der Waals surface area contributed by atoms with Crippen molar-refractivity contribution in [1.82, 2.24) is 35.3 Å². The Balaban J connectivity index is 1.88. The fourth-order valence-electron chi connectivity index (χ4n) is 6.93. The molecule has 2 aliphatic rings. The summed E-state index contributed by atoms with van der Waals surface area (Å²) in [7, 11) is 1.57. The Morgan fingerprint density at radius 1 is 1.12 bits per heavy atom. The van der Waals surface area contributed by atoms with Crippen LogP contribution in [-0.4, -0.2) is 98.3 Å². The Morgan fingerprint density at radius 3 is 2.25 bits per heavy atom.